The number of thiazole rings is 1. The highest BCUT2D eigenvalue weighted by Gasteiger charge is 2.58. The zero-order valence-electron chi connectivity index (χ0n) is 19.2. The van der Waals surface area contributed by atoms with E-state index >= 15 is 0 Å². The molecule has 5 rings (SSSR count). The lowest BCUT2D eigenvalue weighted by molar-refractivity contribution is -0.672. The smallest absolute Gasteiger partial charge is 0.359 e. The average molecular weight is 519 g/mol. The van der Waals surface area contributed by atoms with Crippen LogP contribution in [-0.2, 0) is 39.1 Å². The first-order valence-electron chi connectivity index (χ1n) is 10.9. The summed E-state index contributed by atoms with van der Waals surface area (Å²) in [4.78, 5) is 48.6. The molecular weight excluding hydrogens is 494 g/mol. The number of carboxylic acid groups (broad SMARTS) is 1. The number of carbonyl (C=O) groups is 3. The summed E-state index contributed by atoms with van der Waals surface area (Å²) in [5, 5.41) is 17.5. The number of β-lactam (4-membered cyclic amide) rings is 1. The third kappa shape index (κ3) is 3.67. The molecule has 2 aromatic heterocycles. The molecule has 184 valence electrons. The first-order valence-corrected chi connectivity index (χ1v) is 12.7. The molecule has 0 aromatic carbocycles. The molecule has 0 saturated carbocycles. The van der Waals surface area contributed by atoms with Crippen molar-refractivity contribution in [2.75, 3.05) is 12.8 Å². The van der Waals surface area contributed by atoms with E-state index in [-0.39, 0.29) is 27.5 Å². The monoisotopic (exact) mass is 518 g/mol. The number of aliphatic carboxylic acids is 1. The fourth-order valence-electron chi connectivity index (χ4n) is 4.83. The Morgan fingerprint density at radius 3 is 2.80 bits per heavy atom. The highest BCUT2D eigenvalue weighted by molar-refractivity contribution is 8.01. The molecule has 35 heavy (non-hydrogen) atoms. The number of hydrogen-bond acceptors (Lipinski definition) is 9. The van der Waals surface area contributed by atoms with Crippen LogP contribution < -0.4 is 15.7 Å². The number of carbonyl (C=O) groups excluding carboxylic acids is 2. The maximum absolute atomic E-state index is 13.2. The Kier molecular flexibility index (Phi) is 5.79. The van der Waals surface area contributed by atoms with E-state index < -0.39 is 29.2 Å². The molecule has 3 aliphatic rings. The molecule has 12 nitrogen and oxygen atoms in total. The molecule has 0 bridgehead atoms. The number of rotatable bonds is 6. The number of oxime groups is 1. The summed E-state index contributed by atoms with van der Waals surface area (Å²) in [7, 11) is 3.20. The zero-order chi connectivity index (χ0) is 25.0. The number of amides is 2. The molecule has 2 unspecified atom stereocenters. The average Bonchev–Trinajstić information content (AvgIpc) is 3.53. The van der Waals surface area contributed by atoms with Gasteiger partial charge in [-0.15, -0.1) is 23.1 Å². The van der Waals surface area contributed by atoms with Crippen LogP contribution in [0, 0.1) is 0 Å². The number of nitrogens with zero attached hydrogens (tertiary/aromatic N) is 5. The Labute approximate surface area is 208 Å². The Balaban J connectivity index is 1.45. The van der Waals surface area contributed by atoms with Crippen LogP contribution in [0.25, 0.3) is 5.70 Å². The predicted molar refractivity (Wildman–Crippen MR) is 128 cm³/mol. The highest BCUT2D eigenvalue weighted by Crippen LogP contribution is 2.44. The van der Waals surface area contributed by atoms with E-state index in [4.69, 9.17) is 10.6 Å². The molecule has 0 radical (unpaired) electrons. The second kappa shape index (κ2) is 8.68. The largest absolute Gasteiger partial charge is 0.476 e. The quantitative estimate of drug-likeness (QED) is 0.208. The molecule has 0 spiro atoms. The zero-order valence-corrected chi connectivity index (χ0v) is 20.9. The highest BCUT2D eigenvalue weighted by atomic mass is 32.2. The van der Waals surface area contributed by atoms with Crippen molar-refractivity contribution in [3.8, 4) is 0 Å². The minimum absolute atomic E-state index is 0.0703. The first-order chi connectivity index (χ1) is 16.7. The summed E-state index contributed by atoms with van der Waals surface area (Å²) in [5.41, 5.74) is 8.60. The van der Waals surface area contributed by atoms with Gasteiger partial charge in [0.05, 0.1) is 18.0 Å². The van der Waals surface area contributed by atoms with Crippen LogP contribution >= 0.6 is 23.1 Å². The summed E-state index contributed by atoms with van der Waals surface area (Å²) in [5.74, 6) is -2.36. The van der Waals surface area contributed by atoms with Gasteiger partial charge in [-0.25, -0.2) is 9.78 Å². The van der Waals surface area contributed by atoms with E-state index in [0.717, 1.165) is 30.6 Å². The molecule has 2 aliphatic heterocycles. The van der Waals surface area contributed by atoms with Gasteiger partial charge in [0.2, 0.25) is 11.9 Å². The fraction of sp³-hybridized carbons (Fsp3) is 0.429. The first kappa shape index (κ1) is 23.4. The van der Waals surface area contributed by atoms with E-state index in [1.54, 1.807) is 5.38 Å². The maximum atomic E-state index is 13.2. The Morgan fingerprint density at radius 2 is 2.17 bits per heavy atom. The lowest BCUT2D eigenvalue weighted by Crippen LogP contribution is -2.72. The van der Waals surface area contributed by atoms with E-state index in [0.29, 0.717) is 5.70 Å². The van der Waals surface area contributed by atoms with Gasteiger partial charge in [-0.05, 0) is 26.2 Å². The van der Waals surface area contributed by atoms with Crippen molar-refractivity contribution in [2.45, 2.75) is 42.9 Å². The third-order valence-electron chi connectivity index (χ3n) is 6.38. The Morgan fingerprint density at radius 1 is 1.40 bits per heavy atom. The maximum Gasteiger partial charge on any atom is 0.359 e. The van der Waals surface area contributed by atoms with E-state index in [2.05, 4.69) is 15.5 Å². The summed E-state index contributed by atoms with van der Waals surface area (Å²) in [6.45, 7) is 1.91. The van der Waals surface area contributed by atoms with Gasteiger partial charge in [-0.3, -0.25) is 14.5 Å². The molecule has 1 fully saturated rings. The summed E-state index contributed by atoms with van der Waals surface area (Å²) in [6.07, 6.45) is 4.92. The second-order valence-electron chi connectivity index (χ2n) is 8.38. The van der Waals surface area contributed by atoms with Crippen molar-refractivity contribution in [1.82, 2.24) is 19.9 Å². The number of thioether (sulfide) groups is 1. The summed E-state index contributed by atoms with van der Waals surface area (Å²) in [6, 6.07) is -0.924. The number of nitrogens with two attached hydrogens (primary N) is 1. The van der Waals surface area contributed by atoms with Crippen molar-refractivity contribution in [2.24, 2.45) is 12.2 Å². The van der Waals surface area contributed by atoms with Gasteiger partial charge >= 0.3 is 5.97 Å². The molecule has 2 aromatic rings. The van der Waals surface area contributed by atoms with Crippen LogP contribution in [-0.4, -0.2) is 66.9 Å². The molecule has 14 heteroatoms. The van der Waals surface area contributed by atoms with E-state index in [9.17, 15) is 19.5 Å². The van der Waals surface area contributed by atoms with Crippen LogP contribution in [0.5, 0.6) is 0 Å². The molecule has 4 N–H and O–H groups in total. The van der Waals surface area contributed by atoms with Crippen molar-refractivity contribution < 1.29 is 29.0 Å². The normalized spacial score (nSPS) is 23.6. The molecule has 1 aliphatic carbocycles. The number of aromatic nitrogens is 3. The van der Waals surface area contributed by atoms with Gasteiger partial charge < -0.3 is 21.0 Å². The van der Waals surface area contributed by atoms with Crippen molar-refractivity contribution >= 4 is 57.4 Å². The number of carboxylic acids is 1. The lowest BCUT2D eigenvalue weighted by atomic mass is 10.0. The van der Waals surface area contributed by atoms with Crippen LogP contribution in [0.4, 0.5) is 5.13 Å². The molecule has 4 heterocycles. The Bertz CT molecular complexity index is 1310. The van der Waals surface area contributed by atoms with Crippen molar-refractivity contribution in [3.63, 3.8) is 0 Å². The van der Waals surface area contributed by atoms with Crippen molar-refractivity contribution in [3.05, 3.63) is 34.2 Å². The van der Waals surface area contributed by atoms with Gasteiger partial charge in [0.15, 0.2) is 10.8 Å². The number of fused-ring (bicyclic) bond motifs is 2. The standard InChI is InChI=1S/C21H23N7O5S2/c1-9-15(27-7-10-5-4-6-12(10)26(27)2)16(20(31)32)28-18(30)14(19(28)35-9)24-17(29)13(25-33-3)11-8-34-21(22)23-11/h7-9,14,19H,4-6H2,1-3H3,(H3-,22,23,24,29,31,32)/p+1/t9?,14?,19-/m1/s1. The summed E-state index contributed by atoms with van der Waals surface area (Å²) < 4.78 is 3.81. The predicted octanol–water partition coefficient (Wildman–Crippen LogP) is -0.0677. The lowest BCUT2D eigenvalue weighted by Gasteiger charge is -2.49. The van der Waals surface area contributed by atoms with Crippen LogP contribution in [0.1, 0.15) is 30.3 Å². The molecular formula is C21H24N7O5S2+. The minimum Gasteiger partial charge on any atom is -0.476 e. The molecule has 3 atom stereocenters. The number of hydrogen-bond donors (Lipinski definition) is 3. The van der Waals surface area contributed by atoms with Crippen LogP contribution in [0.15, 0.2) is 22.4 Å². The van der Waals surface area contributed by atoms with E-state index in [1.165, 1.54) is 35.0 Å². The third-order valence-corrected chi connectivity index (χ3v) is 8.44. The second-order valence-corrected chi connectivity index (χ2v) is 10.7. The van der Waals surface area contributed by atoms with Crippen molar-refractivity contribution in [1.29, 1.82) is 0 Å². The fourth-order valence-corrected chi connectivity index (χ4v) is 6.82. The van der Waals surface area contributed by atoms with Gasteiger partial charge in [0.25, 0.3) is 17.5 Å². The van der Waals surface area contributed by atoms with Crippen LogP contribution in [0.2, 0.25) is 0 Å². The van der Waals surface area contributed by atoms with Gasteiger partial charge in [-0.2, -0.15) is 4.68 Å². The topological polar surface area (TPSA) is 156 Å². The van der Waals surface area contributed by atoms with Gasteiger partial charge in [0, 0.05) is 10.9 Å². The summed E-state index contributed by atoms with van der Waals surface area (Å²) >= 11 is 2.56. The SMILES string of the molecule is CON=C(C(=O)NC1C(=O)N2C(C(=O)O)=C([n+]3cc4c(n3C)CCC4)C(C)S[C@H]12)c1csc(N)n1. The number of aryl methyl sites for hydroxylation is 1. The molecule has 1 saturated heterocycles. The van der Waals surface area contributed by atoms with Gasteiger partial charge in [-0.1, -0.05) is 9.84 Å². The molecule has 2 amide bonds. The minimum atomic E-state index is -1.19. The number of nitrogens with one attached hydrogen (secondary N) is 1. The van der Waals surface area contributed by atoms with Gasteiger partial charge in [0.1, 0.15) is 24.2 Å². The van der Waals surface area contributed by atoms with E-state index in [1.807, 2.05) is 29.5 Å². The number of nitrogen functional groups attached to an aromatic ring is 1. The van der Waals surface area contributed by atoms with Crippen LogP contribution in [0.3, 0.4) is 0 Å². The number of anilines is 1. The Hall–Kier alpha value is -3.39.